The number of rotatable bonds is 3. The summed E-state index contributed by atoms with van der Waals surface area (Å²) in [5.41, 5.74) is 10.9. The molecular weight excluding hydrogens is 481 g/mol. The third-order valence-corrected chi connectivity index (χ3v) is 9.37. The molecule has 1 saturated carbocycles. The van der Waals surface area contributed by atoms with E-state index in [2.05, 4.69) is 75.0 Å². The van der Waals surface area contributed by atoms with Crippen LogP contribution in [0.3, 0.4) is 0 Å². The number of aryl methyl sites for hydroxylation is 2. The Hall–Kier alpha value is -3.46. The molecule has 0 radical (unpaired) electrons. The van der Waals surface area contributed by atoms with Crippen molar-refractivity contribution in [2.24, 2.45) is 12.5 Å². The Morgan fingerprint density at radius 1 is 0.821 bits per heavy atom. The van der Waals surface area contributed by atoms with Crippen LogP contribution in [0.1, 0.15) is 74.1 Å². The molecule has 0 unspecified atom stereocenters. The summed E-state index contributed by atoms with van der Waals surface area (Å²) in [6.07, 6.45) is 10.6. The van der Waals surface area contributed by atoms with E-state index in [0.717, 1.165) is 51.6 Å². The molecule has 2 aromatic heterocycles. The standard InChI is InChI=1S/C36H37FNO/c1-22-13-14-26-27-17-18-30(37)33(35(27)39-34(26)32(22)31-12-8-9-19-38(31)4)25-16-15-24(23-10-6-5-7-11-23)28-20-36(2,3)21-29(25)28/h8-9,12-19,23H,5-7,10-11,20-21H2,1-4H3/q+1. The van der Waals surface area contributed by atoms with Gasteiger partial charge in [-0.3, -0.25) is 0 Å². The van der Waals surface area contributed by atoms with E-state index in [9.17, 15) is 0 Å². The van der Waals surface area contributed by atoms with Crippen molar-refractivity contribution in [2.45, 2.75) is 71.6 Å². The number of furan rings is 1. The summed E-state index contributed by atoms with van der Waals surface area (Å²) in [6, 6.07) is 18.6. The second-order valence-corrected chi connectivity index (χ2v) is 12.7. The highest BCUT2D eigenvalue weighted by molar-refractivity contribution is 6.13. The van der Waals surface area contributed by atoms with E-state index in [1.54, 1.807) is 6.07 Å². The van der Waals surface area contributed by atoms with Crippen molar-refractivity contribution in [1.29, 1.82) is 0 Å². The van der Waals surface area contributed by atoms with Gasteiger partial charge in [-0.15, -0.1) is 0 Å². The SMILES string of the molecule is Cc1ccc2c(oc3c(-c4ccc(C5CCCCC5)c5c4CC(C)(C)C5)c(F)ccc32)c1-c1cccc[n+]1C. The molecule has 0 N–H and O–H groups in total. The second kappa shape index (κ2) is 9.05. The number of fused-ring (bicyclic) bond motifs is 4. The van der Waals surface area contributed by atoms with Gasteiger partial charge in [0.05, 0.1) is 11.1 Å². The molecule has 39 heavy (non-hydrogen) atoms. The number of hydrogen-bond donors (Lipinski definition) is 0. The fraction of sp³-hybridized carbons (Fsp3) is 0.361. The van der Waals surface area contributed by atoms with Crippen LogP contribution in [0.25, 0.3) is 44.3 Å². The predicted octanol–water partition coefficient (Wildman–Crippen LogP) is 9.36. The van der Waals surface area contributed by atoms with Crippen molar-refractivity contribution in [1.82, 2.24) is 0 Å². The van der Waals surface area contributed by atoms with Gasteiger partial charge in [0.25, 0.3) is 0 Å². The number of benzene rings is 3. The maximum Gasteiger partial charge on any atom is 0.216 e. The van der Waals surface area contributed by atoms with Crippen molar-refractivity contribution in [2.75, 3.05) is 0 Å². The molecule has 0 amide bonds. The molecule has 7 rings (SSSR count). The molecule has 2 heterocycles. The van der Waals surface area contributed by atoms with Crippen LogP contribution in [-0.4, -0.2) is 0 Å². The molecule has 3 aromatic carbocycles. The van der Waals surface area contributed by atoms with E-state index in [0.29, 0.717) is 17.1 Å². The van der Waals surface area contributed by atoms with Crippen molar-refractivity contribution in [3.05, 3.63) is 88.9 Å². The molecule has 2 aliphatic carbocycles. The Morgan fingerprint density at radius 3 is 2.31 bits per heavy atom. The molecule has 2 aliphatic rings. The lowest BCUT2D eigenvalue weighted by Crippen LogP contribution is -2.30. The first-order valence-corrected chi connectivity index (χ1v) is 14.6. The molecule has 0 spiro atoms. The number of aromatic nitrogens is 1. The van der Waals surface area contributed by atoms with Crippen molar-refractivity contribution in [3.8, 4) is 22.4 Å². The van der Waals surface area contributed by atoms with Crippen molar-refractivity contribution in [3.63, 3.8) is 0 Å². The molecule has 198 valence electrons. The zero-order chi connectivity index (χ0) is 26.9. The molecular formula is C36H37FNO+. The molecule has 0 saturated heterocycles. The fourth-order valence-corrected chi connectivity index (χ4v) is 7.50. The number of pyridine rings is 1. The van der Waals surface area contributed by atoms with E-state index in [-0.39, 0.29) is 11.2 Å². The van der Waals surface area contributed by atoms with Gasteiger partial charge in [-0.2, -0.15) is 0 Å². The fourth-order valence-electron chi connectivity index (χ4n) is 7.50. The zero-order valence-electron chi connectivity index (χ0n) is 23.5. The first kappa shape index (κ1) is 24.6. The Labute approximate surface area is 230 Å². The largest absolute Gasteiger partial charge is 0.454 e. The second-order valence-electron chi connectivity index (χ2n) is 12.7. The van der Waals surface area contributed by atoms with Crippen LogP contribution in [0, 0.1) is 18.2 Å². The van der Waals surface area contributed by atoms with Crippen molar-refractivity contribution >= 4 is 21.9 Å². The van der Waals surface area contributed by atoms with Crippen LogP contribution in [0.4, 0.5) is 4.39 Å². The van der Waals surface area contributed by atoms with Gasteiger partial charge in [0.2, 0.25) is 5.69 Å². The van der Waals surface area contributed by atoms with Crippen LogP contribution in [0.5, 0.6) is 0 Å². The number of nitrogens with zero attached hydrogens (tertiary/aromatic N) is 1. The summed E-state index contributed by atoms with van der Waals surface area (Å²) in [5.74, 6) is 0.432. The highest BCUT2D eigenvalue weighted by atomic mass is 19.1. The van der Waals surface area contributed by atoms with E-state index in [4.69, 9.17) is 4.42 Å². The zero-order valence-corrected chi connectivity index (χ0v) is 23.5. The summed E-state index contributed by atoms with van der Waals surface area (Å²) in [4.78, 5) is 0. The monoisotopic (exact) mass is 518 g/mol. The maximum atomic E-state index is 16.0. The summed E-state index contributed by atoms with van der Waals surface area (Å²) in [7, 11) is 2.06. The molecule has 0 bridgehead atoms. The molecule has 0 aliphatic heterocycles. The summed E-state index contributed by atoms with van der Waals surface area (Å²) in [5, 5.41) is 2.01. The van der Waals surface area contributed by atoms with Gasteiger partial charge >= 0.3 is 0 Å². The normalized spacial score (nSPS) is 17.3. The molecule has 2 nitrogen and oxygen atoms in total. The van der Waals surface area contributed by atoms with Gasteiger partial charge in [-0.25, -0.2) is 8.96 Å². The van der Waals surface area contributed by atoms with Gasteiger partial charge in [0.1, 0.15) is 24.0 Å². The molecule has 1 fully saturated rings. The minimum Gasteiger partial charge on any atom is -0.454 e. The van der Waals surface area contributed by atoms with Gasteiger partial charge in [0.15, 0.2) is 6.20 Å². The average molecular weight is 519 g/mol. The molecule has 3 heteroatoms. The minimum atomic E-state index is -0.206. The van der Waals surface area contributed by atoms with Gasteiger partial charge in [0, 0.05) is 22.9 Å². The molecule has 0 atom stereocenters. The number of halogens is 1. The maximum absolute atomic E-state index is 16.0. The van der Waals surface area contributed by atoms with E-state index in [1.165, 1.54) is 48.8 Å². The lowest BCUT2D eigenvalue weighted by molar-refractivity contribution is -0.660. The van der Waals surface area contributed by atoms with E-state index < -0.39 is 0 Å². The minimum absolute atomic E-state index is 0.173. The van der Waals surface area contributed by atoms with Gasteiger partial charge < -0.3 is 4.42 Å². The third-order valence-electron chi connectivity index (χ3n) is 9.37. The Bertz CT molecular complexity index is 1750. The quantitative estimate of drug-likeness (QED) is 0.217. The average Bonchev–Trinajstić information content (AvgIpc) is 3.45. The lowest BCUT2D eigenvalue weighted by atomic mass is 9.80. The summed E-state index contributed by atoms with van der Waals surface area (Å²) in [6.45, 7) is 6.83. The first-order chi connectivity index (χ1) is 18.8. The lowest BCUT2D eigenvalue weighted by Gasteiger charge is -2.25. The van der Waals surface area contributed by atoms with Gasteiger partial charge in [-0.05, 0) is 90.0 Å². The van der Waals surface area contributed by atoms with Crippen LogP contribution in [0.2, 0.25) is 0 Å². The Kier molecular flexibility index (Phi) is 5.70. The van der Waals surface area contributed by atoms with E-state index >= 15 is 4.39 Å². The smallest absolute Gasteiger partial charge is 0.216 e. The predicted molar refractivity (Wildman–Crippen MR) is 157 cm³/mol. The Balaban J connectivity index is 1.49. The summed E-state index contributed by atoms with van der Waals surface area (Å²) < 4.78 is 24.8. The topological polar surface area (TPSA) is 17.0 Å². The van der Waals surface area contributed by atoms with Crippen LogP contribution in [-0.2, 0) is 19.9 Å². The van der Waals surface area contributed by atoms with Gasteiger partial charge in [-0.1, -0.05) is 57.4 Å². The highest BCUT2D eigenvalue weighted by Gasteiger charge is 2.35. The van der Waals surface area contributed by atoms with E-state index in [1.807, 2.05) is 12.1 Å². The Morgan fingerprint density at radius 2 is 1.54 bits per heavy atom. The number of hydrogen-bond acceptors (Lipinski definition) is 1. The van der Waals surface area contributed by atoms with Crippen molar-refractivity contribution < 1.29 is 13.4 Å². The summed E-state index contributed by atoms with van der Waals surface area (Å²) >= 11 is 0. The molecule has 5 aromatic rings. The van der Waals surface area contributed by atoms with Crippen LogP contribution < -0.4 is 4.57 Å². The first-order valence-electron chi connectivity index (χ1n) is 14.6. The van der Waals surface area contributed by atoms with Crippen LogP contribution in [0.15, 0.2) is 65.2 Å². The third kappa shape index (κ3) is 3.92. The highest BCUT2D eigenvalue weighted by Crippen LogP contribution is 2.49. The van der Waals surface area contributed by atoms with Crippen LogP contribution >= 0.6 is 0 Å².